The highest BCUT2D eigenvalue weighted by Gasteiger charge is 2.20. The predicted octanol–water partition coefficient (Wildman–Crippen LogP) is 3.10. The smallest absolute Gasteiger partial charge is 0.242 e. The van der Waals surface area contributed by atoms with Gasteiger partial charge in [-0.15, -0.1) is 0 Å². The largest absolute Gasteiger partial charge is 0.357 e. The first-order chi connectivity index (χ1) is 13.8. The number of benzene rings is 2. The molecule has 1 atom stereocenters. The van der Waals surface area contributed by atoms with Crippen LogP contribution in [0.3, 0.4) is 0 Å². The van der Waals surface area contributed by atoms with Crippen LogP contribution >= 0.6 is 0 Å². The maximum atomic E-state index is 12.6. The lowest BCUT2D eigenvalue weighted by atomic mass is 10.0. The van der Waals surface area contributed by atoms with E-state index in [1.807, 2.05) is 13.0 Å². The summed E-state index contributed by atoms with van der Waals surface area (Å²) in [7, 11) is -0.439. The van der Waals surface area contributed by atoms with Gasteiger partial charge in [0, 0.05) is 27.2 Å². The number of aryl methyl sites for hydroxylation is 1. The number of sulfonamides is 1. The van der Waals surface area contributed by atoms with Crippen LogP contribution in [-0.4, -0.2) is 45.9 Å². The number of guanidine groups is 1. The van der Waals surface area contributed by atoms with Crippen molar-refractivity contribution in [3.8, 4) is 0 Å². The summed E-state index contributed by atoms with van der Waals surface area (Å²) in [5.41, 5.74) is 3.18. The van der Waals surface area contributed by atoms with Crippen LogP contribution in [0.5, 0.6) is 0 Å². The van der Waals surface area contributed by atoms with Gasteiger partial charge in [0.1, 0.15) is 0 Å². The molecule has 2 rings (SSSR count). The lowest BCUT2D eigenvalue weighted by Crippen LogP contribution is -2.39. The van der Waals surface area contributed by atoms with E-state index in [2.05, 4.69) is 53.7 Å². The van der Waals surface area contributed by atoms with Crippen molar-refractivity contribution in [3.63, 3.8) is 0 Å². The van der Waals surface area contributed by atoms with E-state index in [0.29, 0.717) is 17.4 Å². The van der Waals surface area contributed by atoms with Gasteiger partial charge in [-0.05, 0) is 37.0 Å². The van der Waals surface area contributed by atoms with Gasteiger partial charge >= 0.3 is 0 Å². The summed E-state index contributed by atoms with van der Waals surface area (Å²) in [6.45, 7) is 7.98. The van der Waals surface area contributed by atoms with E-state index < -0.39 is 10.0 Å². The van der Waals surface area contributed by atoms with Crippen molar-refractivity contribution in [1.29, 1.82) is 0 Å². The molecule has 158 valence electrons. The Morgan fingerprint density at radius 2 is 1.72 bits per heavy atom. The lowest BCUT2D eigenvalue weighted by molar-refractivity contribution is 0.519. The van der Waals surface area contributed by atoms with Crippen LogP contribution in [0.25, 0.3) is 0 Å². The third kappa shape index (κ3) is 6.30. The third-order valence-electron chi connectivity index (χ3n) is 4.71. The third-order valence-corrected chi connectivity index (χ3v) is 6.62. The minimum Gasteiger partial charge on any atom is -0.357 e. The highest BCUT2D eigenvalue weighted by molar-refractivity contribution is 7.89. The SMILES string of the molecule is CCNC(=NCc1ccccc1S(=O)(=O)N(C)C)NCC(C)c1ccc(C)cc1. The second kappa shape index (κ2) is 10.4. The van der Waals surface area contributed by atoms with Gasteiger partial charge in [0.05, 0.1) is 11.4 Å². The molecular weight excluding hydrogens is 384 g/mol. The molecule has 0 saturated heterocycles. The first-order valence-corrected chi connectivity index (χ1v) is 11.3. The van der Waals surface area contributed by atoms with Crippen molar-refractivity contribution in [1.82, 2.24) is 14.9 Å². The van der Waals surface area contributed by atoms with Crippen LogP contribution in [0.4, 0.5) is 0 Å². The summed E-state index contributed by atoms with van der Waals surface area (Å²) in [5, 5.41) is 6.59. The Balaban J connectivity index is 2.13. The first kappa shape index (κ1) is 22.9. The number of aliphatic imine (C=N–C) groups is 1. The standard InChI is InChI=1S/C22H32N4O2S/c1-6-23-22(24-15-18(3)19-13-11-17(2)12-14-19)25-16-20-9-7-8-10-21(20)29(27,28)26(4)5/h7-14,18H,6,15-16H2,1-5H3,(H2,23,24,25). The van der Waals surface area contributed by atoms with Crippen LogP contribution in [0.2, 0.25) is 0 Å². The van der Waals surface area contributed by atoms with Gasteiger partial charge in [-0.25, -0.2) is 17.7 Å². The van der Waals surface area contributed by atoms with Gasteiger partial charge < -0.3 is 10.6 Å². The maximum absolute atomic E-state index is 12.6. The highest BCUT2D eigenvalue weighted by Crippen LogP contribution is 2.19. The van der Waals surface area contributed by atoms with E-state index in [1.165, 1.54) is 29.5 Å². The molecule has 6 nitrogen and oxygen atoms in total. The molecule has 2 aromatic carbocycles. The average molecular weight is 417 g/mol. The molecule has 0 amide bonds. The van der Waals surface area contributed by atoms with Crippen LogP contribution < -0.4 is 10.6 Å². The number of hydrogen-bond acceptors (Lipinski definition) is 3. The van der Waals surface area contributed by atoms with Gasteiger partial charge in [-0.2, -0.15) is 0 Å². The molecule has 2 N–H and O–H groups in total. The summed E-state index contributed by atoms with van der Waals surface area (Å²) >= 11 is 0. The Morgan fingerprint density at radius 1 is 1.07 bits per heavy atom. The zero-order valence-corrected chi connectivity index (χ0v) is 18.8. The van der Waals surface area contributed by atoms with E-state index in [-0.39, 0.29) is 11.4 Å². The second-order valence-corrected chi connectivity index (χ2v) is 9.40. The van der Waals surface area contributed by atoms with Crippen molar-refractivity contribution in [2.24, 2.45) is 4.99 Å². The van der Waals surface area contributed by atoms with E-state index in [9.17, 15) is 8.42 Å². The van der Waals surface area contributed by atoms with Gasteiger partial charge in [-0.1, -0.05) is 55.0 Å². The molecule has 0 aliphatic carbocycles. The highest BCUT2D eigenvalue weighted by atomic mass is 32.2. The van der Waals surface area contributed by atoms with E-state index in [4.69, 9.17) is 0 Å². The summed E-state index contributed by atoms with van der Waals surface area (Å²) in [6, 6.07) is 15.5. The topological polar surface area (TPSA) is 73.8 Å². The quantitative estimate of drug-likeness (QED) is 0.512. The molecule has 7 heteroatoms. The molecule has 0 heterocycles. The normalized spacial score (nSPS) is 13.4. The molecule has 0 bridgehead atoms. The van der Waals surface area contributed by atoms with Crippen molar-refractivity contribution < 1.29 is 8.42 Å². The molecule has 0 aliphatic rings. The second-order valence-electron chi connectivity index (χ2n) is 7.28. The Hall–Kier alpha value is -2.38. The Kier molecular flexibility index (Phi) is 8.22. The Morgan fingerprint density at radius 3 is 2.34 bits per heavy atom. The van der Waals surface area contributed by atoms with Gasteiger partial charge in [-0.3, -0.25) is 0 Å². The summed E-state index contributed by atoms with van der Waals surface area (Å²) in [4.78, 5) is 4.90. The van der Waals surface area contributed by atoms with Crippen molar-refractivity contribution in [3.05, 3.63) is 65.2 Å². The number of hydrogen-bond donors (Lipinski definition) is 2. The van der Waals surface area contributed by atoms with Crippen molar-refractivity contribution >= 4 is 16.0 Å². The number of nitrogens with one attached hydrogen (secondary N) is 2. The van der Waals surface area contributed by atoms with E-state index in [0.717, 1.165) is 13.1 Å². The molecular formula is C22H32N4O2S. The van der Waals surface area contributed by atoms with Crippen LogP contribution in [0.15, 0.2) is 58.4 Å². The van der Waals surface area contributed by atoms with Crippen LogP contribution in [-0.2, 0) is 16.6 Å². The first-order valence-electron chi connectivity index (χ1n) is 9.85. The molecule has 0 saturated carbocycles. The number of rotatable bonds is 8. The summed E-state index contributed by atoms with van der Waals surface area (Å²) in [6.07, 6.45) is 0. The fraction of sp³-hybridized carbons (Fsp3) is 0.409. The average Bonchev–Trinajstić information content (AvgIpc) is 2.70. The summed E-state index contributed by atoms with van der Waals surface area (Å²) in [5.74, 6) is 0.990. The van der Waals surface area contributed by atoms with Crippen molar-refractivity contribution in [2.45, 2.75) is 38.1 Å². The maximum Gasteiger partial charge on any atom is 0.242 e. The summed E-state index contributed by atoms with van der Waals surface area (Å²) < 4.78 is 26.4. The van der Waals surface area contributed by atoms with E-state index in [1.54, 1.807) is 18.2 Å². The molecule has 0 aliphatic heterocycles. The zero-order chi connectivity index (χ0) is 21.4. The van der Waals surface area contributed by atoms with Crippen molar-refractivity contribution in [2.75, 3.05) is 27.2 Å². The van der Waals surface area contributed by atoms with Gasteiger partial charge in [0.15, 0.2) is 5.96 Å². The Labute approximate surface area is 175 Å². The molecule has 0 fully saturated rings. The molecule has 0 spiro atoms. The predicted molar refractivity (Wildman–Crippen MR) is 120 cm³/mol. The van der Waals surface area contributed by atoms with Gasteiger partial charge in [0.2, 0.25) is 10.0 Å². The monoisotopic (exact) mass is 416 g/mol. The minimum atomic E-state index is -3.51. The minimum absolute atomic E-state index is 0.275. The fourth-order valence-corrected chi connectivity index (χ4v) is 3.96. The number of nitrogens with zero attached hydrogens (tertiary/aromatic N) is 2. The molecule has 0 aromatic heterocycles. The zero-order valence-electron chi connectivity index (χ0n) is 17.9. The molecule has 1 unspecified atom stereocenters. The molecule has 29 heavy (non-hydrogen) atoms. The van der Waals surface area contributed by atoms with Gasteiger partial charge in [0.25, 0.3) is 0 Å². The van der Waals surface area contributed by atoms with Crippen LogP contribution in [0.1, 0.15) is 36.5 Å². The van der Waals surface area contributed by atoms with Crippen LogP contribution in [0, 0.1) is 6.92 Å². The lowest BCUT2D eigenvalue weighted by Gasteiger charge is -2.17. The molecule has 0 radical (unpaired) electrons. The fourth-order valence-electron chi connectivity index (χ4n) is 2.85. The van der Waals surface area contributed by atoms with E-state index >= 15 is 0 Å². The molecule has 2 aromatic rings. The Bertz CT molecular complexity index is 922.